The number of ether oxygens (including phenoxy) is 1. The molecule has 0 aromatic carbocycles. The van der Waals surface area contributed by atoms with Gasteiger partial charge >= 0.3 is 0 Å². The second-order valence-electron chi connectivity index (χ2n) is 6.62. The van der Waals surface area contributed by atoms with Crippen molar-refractivity contribution < 1.29 is 9.84 Å². The Bertz CT molecular complexity index is 252. The molecule has 0 heterocycles. The van der Waals surface area contributed by atoms with Crippen LogP contribution >= 0.6 is 0 Å². The van der Waals surface area contributed by atoms with E-state index in [0.29, 0.717) is 18.6 Å². The molecule has 1 N–H and O–H groups in total. The van der Waals surface area contributed by atoms with Gasteiger partial charge in [0.15, 0.2) is 0 Å². The highest BCUT2D eigenvalue weighted by molar-refractivity contribution is 4.91. The van der Waals surface area contributed by atoms with Crippen LogP contribution in [0, 0.1) is 11.8 Å². The highest BCUT2D eigenvalue weighted by atomic mass is 16.5. The first-order valence-electron chi connectivity index (χ1n) is 9.16. The van der Waals surface area contributed by atoms with Crippen LogP contribution in [0.15, 0.2) is 12.7 Å². The molecule has 0 amide bonds. The Morgan fingerprint density at radius 1 is 1.10 bits per heavy atom. The normalized spacial score (nSPS) is 25.9. The first-order chi connectivity index (χ1) is 10.3. The third-order valence-electron chi connectivity index (χ3n) is 4.88. The van der Waals surface area contributed by atoms with E-state index in [2.05, 4.69) is 19.6 Å². The lowest BCUT2D eigenvalue weighted by molar-refractivity contribution is -0.0228. The van der Waals surface area contributed by atoms with Gasteiger partial charge in [-0.05, 0) is 25.2 Å². The zero-order valence-corrected chi connectivity index (χ0v) is 14.1. The zero-order chi connectivity index (χ0) is 15.3. The Hall–Kier alpha value is -0.340. The lowest BCUT2D eigenvalue weighted by Crippen LogP contribution is -2.31. The van der Waals surface area contributed by atoms with Crippen molar-refractivity contribution in [2.45, 2.75) is 83.7 Å². The molecule has 0 spiro atoms. The quantitative estimate of drug-likeness (QED) is 0.401. The third-order valence-corrected chi connectivity index (χ3v) is 4.88. The summed E-state index contributed by atoms with van der Waals surface area (Å²) in [5, 5.41) is 8.88. The summed E-state index contributed by atoms with van der Waals surface area (Å²) in [5.41, 5.74) is 0. The minimum absolute atomic E-state index is 0.127. The van der Waals surface area contributed by atoms with Crippen LogP contribution in [0.25, 0.3) is 0 Å². The van der Waals surface area contributed by atoms with Crippen molar-refractivity contribution in [1.82, 2.24) is 0 Å². The summed E-state index contributed by atoms with van der Waals surface area (Å²) < 4.78 is 5.74. The molecule has 2 heteroatoms. The van der Waals surface area contributed by atoms with Gasteiger partial charge in [-0.2, -0.15) is 0 Å². The Morgan fingerprint density at radius 3 is 2.48 bits per heavy atom. The lowest BCUT2D eigenvalue weighted by Gasteiger charge is -2.34. The zero-order valence-electron chi connectivity index (χ0n) is 14.1. The van der Waals surface area contributed by atoms with E-state index in [1.165, 1.54) is 64.2 Å². The Labute approximate surface area is 132 Å². The van der Waals surface area contributed by atoms with Gasteiger partial charge in [-0.3, -0.25) is 0 Å². The highest BCUT2D eigenvalue weighted by Gasteiger charge is 2.28. The van der Waals surface area contributed by atoms with Gasteiger partial charge in [0.1, 0.15) is 0 Å². The standard InChI is InChI=1S/C19H36O2/c1-3-5-6-7-8-9-10-11-17-12-13-19(21-15-14-20)18(4-2)16-17/h4,17-20H,2-3,5-16H2,1H3. The maximum absolute atomic E-state index is 8.88. The van der Waals surface area contributed by atoms with Crippen molar-refractivity contribution in [3.8, 4) is 0 Å². The third kappa shape index (κ3) is 8.01. The molecule has 0 aliphatic heterocycles. The van der Waals surface area contributed by atoms with E-state index in [1.807, 2.05) is 0 Å². The van der Waals surface area contributed by atoms with Crippen LogP contribution in [0.3, 0.4) is 0 Å². The average molecular weight is 296 g/mol. The van der Waals surface area contributed by atoms with E-state index in [0.717, 1.165) is 12.3 Å². The summed E-state index contributed by atoms with van der Waals surface area (Å²) in [4.78, 5) is 0. The highest BCUT2D eigenvalue weighted by Crippen LogP contribution is 2.34. The number of hydrogen-bond donors (Lipinski definition) is 1. The van der Waals surface area contributed by atoms with Crippen molar-refractivity contribution in [3.05, 3.63) is 12.7 Å². The van der Waals surface area contributed by atoms with Crippen LogP contribution < -0.4 is 0 Å². The molecule has 1 rings (SSSR count). The van der Waals surface area contributed by atoms with E-state index in [4.69, 9.17) is 9.84 Å². The largest absolute Gasteiger partial charge is 0.394 e. The van der Waals surface area contributed by atoms with Gasteiger partial charge in [0.05, 0.1) is 19.3 Å². The van der Waals surface area contributed by atoms with Crippen molar-refractivity contribution >= 4 is 0 Å². The van der Waals surface area contributed by atoms with Crippen LogP contribution in [-0.2, 0) is 4.74 Å². The smallest absolute Gasteiger partial charge is 0.0701 e. The van der Waals surface area contributed by atoms with Crippen LogP contribution in [0.5, 0.6) is 0 Å². The predicted octanol–water partition coefficient (Wildman–Crippen LogP) is 5.11. The first kappa shape index (κ1) is 18.7. The molecule has 3 atom stereocenters. The summed E-state index contributed by atoms with van der Waals surface area (Å²) >= 11 is 0. The Morgan fingerprint density at radius 2 is 1.81 bits per heavy atom. The van der Waals surface area contributed by atoms with Crippen molar-refractivity contribution in [2.75, 3.05) is 13.2 Å². The van der Waals surface area contributed by atoms with E-state index >= 15 is 0 Å². The van der Waals surface area contributed by atoms with Gasteiger partial charge < -0.3 is 9.84 Å². The van der Waals surface area contributed by atoms with Crippen LogP contribution in [0.2, 0.25) is 0 Å². The number of rotatable bonds is 12. The summed E-state index contributed by atoms with van der Waals surface area (Å²) in [6, 6.07) is 0. The number of aliphatic hydroxyl groups is 1. The number of unbranched alkanes of at least 4 members (excludes halogenated alkanes) is 6. The molecule has 3 unspecified atom stereocenters. The molecule has 21 heavy (non-hydrogen) atoms. The summed E-state index contributed by atoms with van der Waals surface area (Å²) in [6.45, 7) is 6.84. The molecule has 124 valence electrons. The second-order valence-corrected chi connectivity index (χ2v) is 6.62. The number of aliphatic hydroxyl groups excluding tert-OH is 1. The average Bonchev–Trinajstić information content (AvgIpc) is 2.52. The molecule has 1 aliphatic carbocycles. The van der Waals surface area contributed by atoms with E-state index < -0.39 is 0 Å². The minimum atomic E-state index is 0.127. The molecule has 0 saturated heterocycles. The monoisotopic (exact) mass is 296 g/mol. The van der Waals surface area contributed by atoms with Crippen LogP contribution in [-0.4, -0.2) is 24.4 Å². The molecule has 1 saturated carbocycles. The van der Waals surface area contributed by atoms with Crippen molar-refractivity contribution in [1.29, 1.82) is 0 Å². The van der Waals surface area contributed by atoms with E-state index in [-0.39, 0.29) is 6.61 Å². The van der Waals surface area contributed by atoms with Gasteiger partial charge in [0.25, 0.3) is 0 Å². The molecule has 0 aromatic heterocycles. The molecule has 0 radical (unpaired) electrons. The van der Waals surface area contributed by atoms with Crippen LogP contribution in [0.4, 0.5) is 0 Å². The molecule has 0 aromatic rings. The van der Waals surface area contributed by atoms with Gasteiger partial charge in [-0.15, -0.1) is 6.58 Å². The Kier molecular flexibility index (Phi) is 10.9. The fourth-order valence-electron chi connectivity index (χ4n) is 3.58. The van der Waals surface area contributed by atoms with E-state index in [9.17, 15) is 0 Å². The van der Waals surface area contributed by atoms with Gasteiger partial charge in [0.2, 0.25) is 0 Å². The van der Waals surface area contributed by atoms with Crippen LogP contribution in [0.1, 0.15) is 77.6 Å². The molecule has 0 bridgehead atoms. The molecular formula is C19H36O2. The second kappa shape index (κ2) is 12.2. The fourth-order valence-corrected chi connectivity index (χ4v) is 3.58. The maximum atomic E-state index is 8.88. The topological polar surface area (TPSA) is 29.5 Å². The lowest BCUT2D eigenvalue weighted by atomic mass is 9.77. The van der Waals surface area contributed by atoms with Gasteiger partial charge in [0, 0.05) is 5.92 Å². The van der Waals surface area contributed by atoms with Crippen molar-refractivity contribution in [3.63, 3.8) is 0 Å². The summed E-state index contributed by atoms with van der Waals surface area (Å²) in [5.74, 6) is 1.34. The Balaban J connectivity index is 2.10. The molecular weight excluding hydrogens is 260 g/mol. The van der Waals surface area contributed by atoms with Crippen molar-refractivity contribution in [2.24, 2.45) is 11.8 Å². The van der Waals surface area contributed by atoms with E-state index in [1.54, 1.807) is 0 Å². The number of hydrogen-bond acceptors (Lipinski definition) is 2. The summed E-state index contributed by atoms with van der Waals surface area (Å²) in [6.07, 6.45) is 17.2. The summed E-state index contributed by atoms with van der Waals surface area (Å²) in [7, 11) is 0. The predicted molar refractivity (Wildman–Crippen MR) is 90.5 cm³/mol. The molecule has 1 aliphatic rings. The fraction of sp³-hybridized carbons (Fsp3) is 0.895. The first-order valence-corrected chi connectivity index (χ1v) is 9.16. The maximum Gasteiger partial charge on any atom is 0.0701 e. The minimum Gasteiger partial charge on any atom is -0.394 e. The molecule has 1 fully saturated rings. The molecule has 2 nitrogen and oxygen atoms in total. The van der Waals surface area contributed by atoms with Gasteiger partial charge in [-0.1, -0.05) is 64.4 Å². The van der Waals surface area contributed by atoms with Gasteiger partial charge in [-0.25, -0.2) is 0 Å². The SMILES string of the molecule is C=CC1CC(CCCCCCCCC)CCC1OCCO.